The van der Waals surface area contributed by atoms with Crippen LogP contribution in [0.15, 0.2) is 6.07 Å². The van der Waals surface area contributed by atoms with Crippen LogP contribution in [-0.4, -0.2) is 33.8 Å². The Labute approximate surface area is 110 Å². The molecule has 102 valence electrons. The third kappa shape index (κ3) is 3.12. The molecule has 0 saturated carbocycles. The van der Waals surface area contributed by atoms with Gasteiger partial charge in [-0.25, -0.2) is 0 Å². The highest BCUT2D eigenvalue weighted by Gasteiger charge is 2.24. The van der Waals surface area contributed by atoms with Crippen molar-refractivity contribution in [3.63, 3.8) is 0 Å². The maximum absolute atomic E-state index is 5.62. The Kier molecular flexibility index (Phi) is 4.78. The van der Waals surface area contributed by atoms with Crippen LogP contribution in [0.5, 0.6) is 0 Å². The summed E-state index contributed by atoms with van der Waals surface area (Å²) in [5.41, 5.74) is 8.16. The first-order valence-corrected chi connectivity index (χ1v) is 7.20. The lowest BCUT2D eigenvalue weighted by atomic mass is 10.1. The number of nitrogens with zero attached hydrogens (tertiary/aromatic N) is 3. The molecular formula is C14H26N4. The highest BCUT2D eigenvalue weighted by Crippen LogP contribution is 2.23. The van der Waals surface area contributed by atoms with Gasteiger partial charge in [0, 0.05) is 19.6 Å². The number of likely N-dealkylation sites (tertiary alicyclic amines) is 1. The van der Waals surface area contributed by atoms with E-state index >= 15 is 0 Å². The predicted octanol–water partition coefficient (Wildman–Crippen LogP) is 1.69. The molecule has 2 N–H and O–H groups in total. The second-order valence-electron chi connectivity index (χ2n) is 5.30. The zero-order chi connectivity index (χ0) is 13.0. The molecule has 0 aromatic carbocycles. The maximum atomic E-state index is 5.62. The molecule has 18 heavy (non-hydrogen) atoms. The molecule has 1 fully saturated rings. The number of nitrogens with two attached hydrogens (primary N) is 1. The fourth-order valence-corrected chi connectivity index (χ4v) is 2.88. The van der Waals surface area contributed by atoms with Crippen molar-refractivity contribution in [1.29, 1.82) is 0 Å². The van der Waals surface area contributed by atoms with Crippen LogP contribution in [0.3, 0.4) is 0 Å². The minimum atomic E-state index is 0.730. The van der Waals surface area contributed by atoms with E-state index in [0.717, 1.165) is 32.0 Å². The lowest BCUT2D eigenvalue weighted by Crippen LogP contribution is -2.30. The fraction of sp³-hybridized carbons (Fsp3) is 0.786. The van der Waals surface area contributed by atoms with E-state index in [9.17, 15) is 0 Å². The van der Waals surface area contributed by atoms with Crippen LogP contribution in [0.4, 0.5) is 0 Å². The summed E-state index contributed by atoms with van der Waals surface area (Å²) in [5, 5.41) is 4.53. The molecular weight excluding hydrogens is 224 g/mol. The summed E-state index contributed by atoms with van der Waals surface area (Å²) in [7, 11) is 2.06. The SMILES string of the molecule is CCc1cc(CN2CCCC2CCCN)n(C)n1. The first-order chi connectivity index (χ1) is 8.74. The first kappa shape index (κ1) is 13.6. The second-order valence-corrected chi connectivity index (χ2v) is 5.30. The van der Waals surface area contributed by atoms with E-state index in [-0.39, 0.29) is 0 Å². The largest absolute Gasteiger partial charge is 0.330 e. The number of aromatic nitrogens is 2. The molecule has 0 bridgehead atoms. The van der Waals surface area contributed by atoms with Gasteiger partial charge >= 0.3 is 0 Å². The molecule has 1 aromatic heterocycles. The highest BCUT2D eigenvalue weighted by molar-refractivity contribution is 5.10. The van der Waals surface area contributed by atoms with Crippen LogP contribution in [0, 0.1) is 0 Å². The van der Waals surface area contributed by atoms with E-state index in [1.54, 1.807) is 0 Å². The van der Waals surface area contributed by atoms with Crippen LogP contribution in [0.25, 0.3) is 0 Å². The number of hydrogen-bond donors (Lipinski definition) is 1. The molecule has 1 saturated heterocycles. The van der Waals surface area contributed by atoms with Crippen molar-refractivity contribution in [3.05, 3.63) is 17.5 Å². The first-order valence-electron chi connectivity index (χ1n) is 7.20. The lowest BCUT2D eigenvalue weighted by Gasteiger charge is -2.24. The van der Waals surface area contributed by atoms with Gasteiger partial charge in [-0.05, 0) is 51.3 Å². The third-order valence-corrected chi connectivity index (χ3v) is 4.00. The Morgan fingerprint density at radius 1 is 1.50 bits per heavy atom. The highest BCUT2D eigenvalue weighted by atomic mass is 15.3. The summed E-state index contributed by atoms with van der Waals surface area (Å²) in [4.78, 5) is 2.60. The van der Waals surface area contributed by atoms with E-state index in [0.29, 0.717) is 0 Å². The van der Waals surface area contributed by atoms with Gasteiger partial charge in [0.05, 0.1) is 11.4 Å². The normalized spacial score (nSPS) is 20.7. The predicted molar refractivity (Wildman–Crippen MR) is 74.3 cm³/mol. The van der Waals surface area contributed by atoms with Gasteiger partial charge in [-0.3, -0.25) is 9.58 Å². The average Bonchev–Trinajstić information content (AvgIpc) is 2.95. The molecule has 0 aliphatic carbocycles. The van der Waals surface area contributed by atoms with Gasteiger partial charge in [0.1, 0.15) is 0 Å². The summed E-state index contributed by atoms with van der Waals surface area (Å²) in [6, 6.07) is 2.98. The zero-order valence-electron chi connectivity index (χ0n) is 11.7. The zero-order valence-corrected chi connectivity index (χ0v) is 11.7. The molecule has 1 aliphatic rings. The molecule has 0 amide bonds. The summed E-state index contributed by atoms with van der Waals surface area (Å²) < 4.78 is 2.04. The monoisotopic (exact) mass is 250 g/mol. The summed E-state index contributed by atoms with van der Waals surface area (Å²) in [5.74, 6) is 0. The second kappa shape index (κ2) is 6.34. The van der Waals surface area contributed by atoms with Crippen molar-refractivity contribution < 1.29 is 0 Å². The topological polar surface area (TPSA) is 47.1 Å². The van der Waals surface area contributed by atoms with Crippen molar-refractivity contribution >= 4 is 0 Å². The molecule has 1 unspecified atom stereocenters. The van der Waals surface area contributed by atoms with Crippen LogP contribution < -0.4 is 5.73 Å². The van der Waals surface area contributed by atoms with E-state index < -0.39 is 0 Å². The molecule has 2 heterocycles. The molecule has 1 aromatic rings. The Balaban J connectivity index is 1.96. The van der Waals surface area contributed by atoms with Gasteiger partial charge in [-0.15, -0.1) is 0 Å². The van der Waals surface area contributed by atoms with Gasteiger partial charge in [0.25, 0.3) is 0 Å². The van der Waals surface area contributed by atoms with Crippen molar-refractivity contribution in [3.8, 4) is 0 Å². The number of aryl methyl sites for hydroxylation is 2. The Morgan fingerprint density at radius 3 is 3.00 bits per heavy atom. The van der Waals surface area contributed by atoms with Crippen LogP contribution in [-0.2, 0) is 20.0 Å². The molecule has 4 heteroatoms. The molecule has 1 aliphatic heterocycles. The molecule has 0 spiro atoms. The molecule has 1 atom stereocenters. The molecule has 0 radical (unpaired) electrons. The van der Waals surface area contributed by atoms with Crippen molar-refractivity contribution in [2.24, 2.45) is 12.8 Å². The van der Waals surface area contributed by atoms with Gasteiger partial charge in [0.2, 0.25) is 0 Å². The van der Waals surface area contributed by atoms with Crippen LogP contribution >= 0.6 is 0 Å². The van der Waals surface area contributed by atoms with Gasteiger partial charge in [-0.2, -0.15) is 5.10 Å². The summed E-state index contributed by atoms with van der Waals surface area (Å²) >= 11 is 0. The van der Waals surface area contributed by atoms with Gasteiger partial charge < -0.3 is 5.73 Å². The van der Waals surface area contributed by atoms with Gasteiger partial charge in [0.15, 0.2) is 0 Å². The summed E-state index contributed by atoms with van der Waals surface area (Å²) in [6.45, 7) is 5.24. The fourth-order valence-electron chi connectivity index (χ4n) is 2.88. The molecule has 2 rings (SSSR count). The van der Waals surface area contributed by atoms with Crippen molar-refractivity contribution in [2.45, 2.75) is 51.6 Å². The van der Waals surface area contributed by atoms with Crippen molar-refractivity contribution in [1.82, 2.24) is 14.7 Å². The van der Waals surface area contributed by atoms with E-state index in [1.165, 1.54) is 37.2 Å². The van der Waals surface area contributed by atoms with E-state index in [1.807, 2.05) is 4.68 Å². The van der Waals surface area contributed by atoms with E-state index in [4.69, 9.17) is 5.73 Å². The standard InChI is InChI=1S/C14H26N4/c1-3-12-10-14(17(2)16-12)11-18-9-5-7-13(18)6-4-8-15/h10,13H,3-9,11,15H2,1-2H3. The Morgan fingerprint density at radius 2 is 2.33 bits per heavy atom. The van der Waals surface area contributed by atoms with E-state index in [2.05, 4.69) is 30.0 Å². The maximum Gasteiger partial charge on any atom is 0.0625 e. The minimum Gasteiger partial charge on any atom is -0.330 e. The third-order valence-electron chi connectivity index (χ3n) is 4.00. The Hall–Kier alpha value is -0.870. The smallest absolute Gasteiger partial charge is 0.0625 e. The van der Waals surface area contributed by atoms with Crippen LogP contribution in [0.1, 0.15) is 44.0 Å². The van der Waals surface area contributed by atoms with Crippen molar-refractivity contribution in [2.75, 3.05) is 13.1 Å². The quantitative estimate of drug-likeness (QED) is 0.835. The number of hydrogen-bond acceptors (Lipinski definition) is 3. The summed E-state index contributed by atoms with van der Waals surface area (Å²) in [6.07, 6.45) is 6.07. The lowest BCUT2D eigenvalue weighted by molar-refractivity contribution is 0.227. The van der Waals surface area contributed by atoms with Gasteiger partial charge in [-0.1, -0.05) is 6.92 Å². The minimum absolute atomic E-state index is 0.730. The Bertz CT molecular complexity index is 372. The van der Waals surface area contributed by atoms with Crippen LogP contribution in [0.2, 0.25) is 0 Å². The molecule has 4 nitrogen and oxygen atoms in total. The number of rotatable bonds is 6. The average molecular weight is 250 g/mol.